The van der Waals surface area contributed by atoms with Crippen LogP contribution in [0.15, 0.2) is 54.6 Å². The molecule has 1 aromatic heterocycles. The van der Waals surface area contributed by atoms with Gasteiger partial charge in [0.05, 0.1) is 5.52 Å². The summed E-state index contributed by atoms with van der Waals surface area (Å²) in [6, 6.07) is 17.9. The molecule has 0 spiro atoms. The van der Waals surface area contributed by atoms with Gasteiger partial charge in [-0.1, -0.05) is 55.5 Å². The molecule has 0 aliphatic heterocycles. The number of hydrogen-bond acceptors (Lipinski definition) is 2. The second kappa shape index (κ2) is 6.43. The number of nitrogens with zero attached hydrogens (tertiary/aromatic N) is 1. The van der Waals surface area contributed by atoms with E-state index in [-0.39, 0.29) is 5.91 Å². The van der Waals surface area contributed by atoms with Crippen LogP contribution in [-0.2, 0) is 0 Å². The van der Waals surface area contributed by atoms with Gasteiger partial charge >= 0.3 is 0 Å². The Morgan fingerprint density at radius 3 is 2.64 bits per heavy atom. The summed E-state index contributed by atoms with van der Waals surface area (Å²) in [5.74, 6) is 0.183. The van der Waals surface area contributed by atoms with Gasteiger partial charge in [0.15, 0.2) is 5.69 Å². The fourth-order valence-electron chi connectivity index (χ4n) is 2.66. The monoisotopic (exact) mass is 293 g/mol. The fourth-order valence-corrected chi connectivity index (χ4v) is 2.66. The van der Waals surface area contributed by atoms with Gasteiger partial charge in [0.1, 0.15) is 0 Å². The quantitative estimate of drug-likeness (QED) is 0.756. The zero-order valence-electron chi connectivity index (χ0n) is 12.5. The predicted octanol–water partition coefficient (Wildman–Crippen LogP) is 3.49. The van der Waals surface area contributed by atoms with Crippen LogP contribution < -0.4 is 5.32 Å². The van der Waals surface area contributed by atoms with Crippen molar-refractivity contribution in [2.75, 3.05) is 6.54 Å². The first kappa shape index (κ1) is 14.3. The van der Waals surface area contributed by atoms with Crippen molar-refractivity contribution in [3.63, 3.8) is 0 Å². The van der Waals surface area contributed by atoms with Crippen molar-refractivity contribution < 1.29 is 4.79 Å². The molecule has 0 fully saturated rings. The molecule has 0 bridgehead atoms. The molecule has 2 aromatic carbocycles. The van der Waals surface area contributed by atoms with E-state index >= 15 is 0 Å². The Balaban J connectivity index is 1.72. The number of carbonyl (C=O) groups is 1. The maximum atomic E-state index is 12.4. The predicted molar refractivity (Wildman–Crippen MR) is 87.9 cm³/mol. The minimum absolute atomic E-state index is 0.133. The summed E-state index contributed by atoms with van der Waals surface area (Å²) in [4.78, 5) is 12.4. The Bertz CT molecular complexity index is 764. The minimum atomic E-state index is -0.133. The third-order valence-corrected chi connectivity index (χ3v) is 3.96. The van der Waals surface area contributed by atoms with E-state index in [1.165, 1.54) is 5.56 Å². The molecule has 0 aliphatic rings. The summed E-state index contributed by atoms with van der Waals surface area (Å²) >= 11 is 0. The number of rotatable bonds is 5. The van der Waals surface area contributed by atoms with Crippen molar-refractivity contribution in [2.24, 2.45) is 0 Å². The van der Waals surface area contributed by atoms with Crippen molar-refractivity contribution in [1.29, 1.82) is 0 Å². The number of carbonyl (C=O) groups excluding carboxylic acids is 1. The molecule has 22 heavy (non-hydrogen) atoms. The number of amides is 1. The zero-order valence-corrected chi connectivity index (χ0v) is 12.5. The molecular formula is C18H19N3O. The molecule has 4 heteroatoms. The normalized spacial score (nSPS) is 12.2. The van der Waals surface area contributed by atoms with Crippen LogP contribution in [0.4, 0.5) is 0 Å². The highest BCUT2D eigenvalue weighted by Gasteiger charge is 2.16. The number of fused-ring (bicyclic) bond motifs is 1. The van der Waals surface area contributed by atoms with Gasteiger partial charge in [0.25, 0.3) is 5.91 Å². The number of aromatic amines is 1. The molecule has 4 nitrogen and oxygen atoms in total. The molecule has 112 valence electrons. The Morgan fingerprint density at radius 1 is 1.14 bits per heavy atom. The molecule has 3 aromatic rings. The minimum Gasteiger partial charge on any atom is -0.350 e. The highest BCUT2D eigenvalue weighted by Crippen LogP contribution is 2.19. The van der Waals surface area contributed by atoms with Crippen LogP contribution in [-0.4, -0.2) is 22.6 Å². The van der Waals surface area contributed by atoms with E-state index in [0.29, 0.717) is 18.2 Å². The number of nitrogens with one attached hydrogen (secondary N) is 2. The SMILES string of the molecule is CCC(CNC(=O)c1n[nH]c2ccccc12)c1ccccc1. The average Bonchev–Trinajstić information content (AvgIpc) is 3.00. The first-order chi connectivity index (χ1) is 10.8. The first-order valence-electron chi connectivity index (χ1n) is 7.56. The van der Waals surface area contributed by atoms with Crippen LogP contribution in [0.5, 0.6) is 0 Å². The van der Waals surface area contributed by atoms with Crippen LogP contribution in [0.1, 0.15) is 35.3 Å². The Morgan fingerprint density at radius 2 is 1.86 bits per heavy atom. The van der Waals surface area contributed by atoms with Crippen molar-refractivity contribution in [2.45, 2.75) is 19.3 Å². The molecule has 0 saturated carbocycles. The van der Waals surface area contributed by atoms with Gasteiger partial charge in [0, 0.05) is 17.8 Å². The van der Waals surface area contributed by atoms with Crippen LogP contribution in [0.25, 0.3) is 10.9 Å². The van der Waals surface area contributed by atoms with E-state index in [0.717, 1.165) is 17.3 Å². The van der Waals surface area contributed by atoms with E-state index < -0.39 is 0 Å². The van der Waals surface area contributed by atoms with Gasteiger partial charge in [-0.3, -0.25) is 9.89 Å². The number of benzene rings is 2. The maximum Gasteiger partial charge on any atom is 0.272 e. The van der Waals surface area contributed by atoms with Crippen molar-refractivity contribution in [3.05, 3.63) is 65.9 Å². The number of aromatic nitrogens is 2. The number of hydrogen-bond donors (Lipinski definition) is 2. The van der Waals surface area contributed by atoms with Gasteiger partial charge in [-0.05, 0) is 18.1 Å². The summed E-state index contributed by atoms with van der Waals surface area (Å²) in [7, 11) is 0. The van der Waals surface area contributed by atoms with Crippen LogP contribution in [0.2, 0.25) is 0 Å². The fraction of sp³-hybridized carbons (Fsp3) is 0.222. The highest BCUT2D eigenvalue weighted by molar-refractivity contribution is 6.04. The standard InChI is InChI=1S/C18H19N3O/c1-2-13(14-8-4-3-5-9-14)12-19-18(22)17-15-10-6-7-11-16(15)20-21-17/h3-11,13H,2,12H2,1H3,(H,19,22)(H,20,21). The number of para-hydroxylation sites is 1. The molecule has 0 aliphatic carbocycles. The van der Waals surface area contributed by atoms with Crippen LogP contribution >= 0.6 is 0 Å². The van der Waals surface area contributed by atoms with Crippen LogP contribution in [0.3, 0.4) is 0 Å². The largest absolute Gasteiger partial charge is 0.350 e. The molecule has 2 N–H and O–H groups in total. The van der Waals surface area contributed by atoms with E-state index in [2.05, 4.69) is 34.6 Å². The van der Waals surface area contributed by atoms with Crippen molar-refractivity contribution >= 4 is 16.8 Å². The smallest absolute Gasteiger partial charge is 0.272 e. The van der Waals surface area contributed by atoms with Gasteiger partial charge < -0.3 is 5.32 Å². The van der Waals surface area contributed by atoms with Gasteiger partial charge in [-0.2, -0.15) is 5.10 Å². The second-order valence-corrected chi connectivity index (χ2v) is 5.34. The summed E-state index contributed by atoms with van der Waals surface area (Å²) in [5, 5.41) is 10.9. The Hall–Kier alpha value is -2.62. The van der Waals surface area contributed by atoms with E-state index in [9.17, 15) is 4.79 Å². The first-order valence-corrected chi connectivity index (χ1v) is 7.56. The molecule has 0 saturated heterocycles. The lowest BCUT2D eigenvalue weighted by Gasteiger charge is -2.15. The maximum absolute atomic E-state index is 12.4. The topological polar surface area (TPSA) is 57.8 Å². The van der Waals surface area contributed by atoms with E-state index in [4.69, 9.17) is 0 Å². The average molecular weight is 293 g/mol. The van der Waals surface area contributed by atoms with Crippen molar-refractivity contribution in [3.8, 4) is 0 Å². The zero-order chi connectivity index (χ0) is 15.4. The van der Waals surface area contributed by atoms with Crippen molar-refractivity contribution in [1.82, 2.24) is 15.5 Å². The van der Waals surface area contributed by atoms with Gasteiger partial charge in [-0.25, -0.2) is 0 Å². The lowest BCUT2D eigenvalue weighted by atomic mass is 9.96. The molecule has 1 atom stereocenters. The second-order valence-electron chi connectivity index (χ2n) is 5.34. The Labute approximate surface area is 129 Å². The molecule has 1 amide bonds. The van der Waals surface area contributed by atoms with Gasteiger partial charge in [-0.15, -0.1) is 0 Å². The van der Waals surface area contributed by atoms with E-state index in [1.54, 1.807) is 0 Å². The summed E-state index contributed by atoms with van der Waals surface area (Å²) in [6.07, 6.45) is 0.978. The van der Waals surface area contributed by atoms with E-state index in [1.807, 2.05) is 42.5 Å². The third kappa shape index (κ3) is 2.86. The van der Waals surface area contributed by atoms with Gasteiger partial charge in [0.2, 0.25) is 0 Å². The summed E-state index contributed by atoms with van der Waals surface area (Å²) in [5.41, 5.74) is 2.58. The molecule has 0 radical (unpaired) electrons. The summed E-state index contributed by atoms with van der Waals surface area (Å²) < 4.78 is 0. The molecular weight excluding hydrogens is 274 g/mol. The Kier molecular flexibility index (Phi) is 4.19. The third-order valence-electron chi connectivity index (χ3n) is 3.96. The lowest BCUT2D eigenvalue weighted by Crippen LogP contribution is -2.28. The molecule has 1 unspecified atom stereocenters. The lowest BCUT2D eigenvalue weighted by molar-refractivity contribution is 0.0947. The summed E-state index contributed by atoms with van der Waals surface area (Å²) in [6.45, 7) is 2.74. The molecule has 3 rings (SSSR count). The molecule has 1 heterocycles. The number of H-pyrrole nitrogens is 1. The highest BCUT2D eigenvalue weighted by atomic mass is 16.1. The van der Waals surface area contributed by atoms with Crippen LogP contribution in [0, 0.1) is 0 Å².